The van der Waals surface area contributed by atoms with E-state index in [9.17, 15) is 9.59 Å². The molecule has 4 nitrogen and oxygen atoms in total. The summed E-state index contributed by atoms with van der Waals surface area (Å²) in [6.07, 6.45) is 0. The molecule has 0 fully saturated rings. The number of hydrogen-bond donors (Lipinski definition) is 0. The van der Waals surface area contributed by atoms with Gasteiger partial charge in [-0.2, -0.15) is 0 Å². The highest BCUT2D eigenvalue weighted by molar-refractivity contribution is 9.18. The minimum absolute atomic E-state index is 0.459. The third kappa shape index (κ3) is 4.18. The maximum atomic E-state index is 10.7. The van der Waals surface area contributed by atoms with Crippen molar-refractivity contribution in [3.8, 4) is 22.6 Å². The van der Waals surface area contributed by atoms with E-state index >= 15 is 0 Å². The van der Waals surface area contributed by atoms with E-state index < -0.39 is 9.76 Å². The van der Waals surface area contributed by atoms with Gasteiger partial charge in [0.2, 0.25) is 0 Å². The van der Waals surface area contributed by atoms with Crippen molar-refractivity contribution in [2.75, 3.05) is 0 Å². The molecule has 0 unspecified atom stereocenters. The first-order valence-electron chi connectivity index (χ1n) is 5.50. The number of carbonyl (C=O) groups excluding carboxylic acids is 2. The summed E-state index contributed by atoms with van der Waals surface area (Å²) < 4.78 is 9.77. The lowest BCUT2D eigenvalue weighted by Crippen LogP contribution is -1.95. The van der Waals surface area contributed by atoms with Gasteiger partial charge in [0.05, 0.1) is 0 Å². The van der Waals surface area contributed by atoms with Gasteiger partial charge >= 0.3 is 9.76 Å². The highest BCUT2D eigenvalue weighted by Crippen LogP contribution is 2.25. The number of rotatable bonds is 3. The Hall–Kier alpha value is -1.66. The lowest BCUT2D eigenvalue weighted by Gasteiger charge is -2.05. The fraction of sp³-hybridized carbons (Fsp3) is 0. The van der Waals surface area contributed by atoms with E-state index in [1.54, 1.807) is 24.3 Å². The zero-order chi connectivity index (χ0) is 14.5. The SMILES string of the molecule is O=C(Br)Oc1ccc(-c2ccc(OC(=O)Br)cc2)cc1. The first-order valence-corrected chi connectivity index (χ1v) is 7.08. The van der Waals surface area contributed by atoms with Gasteiger partial charge in [0.15, 0.2) is 0 Å². The van der Waals surface area contributed by atoms with Crippen LogP contribution in [0.25, 0.3) is 11.1 Å². The van der Waals surface area contributed by atoms with Crippen LogP contribution < -0.4 is 9.47 Å². The Morgan fingerprint density at radius 1 is 0.650 bits per heavy atom. The molecule has 0 bridgehead atoms. The third-order valence-electron chi connectivity index (χ3n) is 2.44. The van der Waals surface area contributed by atoms with Crippen molar-refractivity contribution < 1.29 is 19.1 Å². The molecule has 0 heterocycles. The Balaban J connectivity index is 2.15. The summed E-state index contributed by atoms with van der Waals surface area (Å²) in [4.78, 5) is 20.4. The minimum Gasteiger partial charge on any atom is -0.418 e. The van der Waals surface area contributed by atoms with Crippen LogP contribution >= 0.6 is 31.9 Å². The standard InChI is InChI=1S/C14H8Br2O4/c15-13(17)19-11-5-1-9(2-6-11)10-3-7-12(8-4-10)20-14(16)18/h1-8H. The van der Waals surface area contributed by atoms with Crippen LogP contribution in [0, 0.1) is 0 Å². The molecule has 0 spiro atoms. The van der Waals surface area contributed by atoms with Crippen LogP contribution in [-0.4, -0.2) is 9.76 Å². The molecular formula is C14H8Br2O4. The molecule has 20 heavy (non-hydrogen) atoms. The predicted octanol–water partition coefficient (Wildman–Crippen LogP) is 5.14. The molecule has 2 rings (SSSR count). The zero-order valence-electron chi connectivity index (χ0n) is 10.0. The van der Waals surface area contributed by atoms with Gasteiger partial charge in [-0.25, -0.2) is 9.59 Å². The highest BCUT2D eigenvalue weighted by Gasteiger charge is 2.03. The van der Waals surface area contributed by atoms with Gasteiger partial charge in [0, 0.05) is 31.9 Å². The first kappa shape index (κ1) is 14.7. The van der Waals surface area contributed by atoms with Crippen molar-refractivity contribution >= 4 is 41.6 Å². The van der Waals surface area contributed by atoms with Crippen LogP contribution in [0.3, 0.4) is 0 Å². The minimum atomic E-state index is -0.536. The summed E-state index contributed by atoms with van der Waals surface area (Å²) in [5, 5.41) is 0. The Morgan fingerprint density at radius 2 is 0.950 bits per heavy atom. The summed E-state index contributed by atoms with van der Waals surface area (Å²) in [5.41, 5.74) is 1.91. The van der Waals surface area contributed by atoms with E-state index in [1.165, 1.54) is 0 Å². The van der Waals surface area contributed by atoms with Crippen molar-refractivity contribution in [3.63, 3.8) is 0 Å². The predicted molar refractivity (Wildman–Crippen MR) is 81.8 cm³/mol. The van der Waals surface area contributed by atoms with E-state index in [-0.39, 0.29) is 0 Å². The lowest BCUT2D eigenvalue weighted by molar-refractivity contribution is 0.227. The van der Waals surface area contributed by atoms with Crippen molar-refractivity contribution in [1.82, 2.24) is 0 Å². The van der Waals surface area contributed by atoms with Crippen LogP contribution in [0.15, 0.2) is 48.5 Å². The molecule has 0 saturated carbocycles. The maximum absolute atomic E-state index is 10.7. The van der Waals surface area contributed by atoms with Crippen LogP contribution in [0.1, 0.15) is 0 Å². The first-order chi connectivity index (χ1) is 9.54. The summed E-state index contributed by atoms with van der Waals surface area (Å²) in [6, 6.07) is 14.1. The number of hydrogen-bond acceptors (Lipinski definition) is 4. The summed E-state index contributed by atoms with van der Waals surface area (Å²) >= 11 is 5.39. The zero-order valence-corrected chi connectivity index (χ0v) is 13.2. The maximum Gasteiger partial charge on any atom is 0.379 e. The smallest absolute Gasteiger partial charge is 0.379 e. The van der Waals surface area contributed by atoms with Crippen molar-refractivity contribution in [3.05, 3.63) is 48.5 Å². The number of halogens is 2. The molecule has 0 N–H and O–H groups in total. The Labute approximate surface area is 132 Å². The molecule has 2 aromatic carbocycles. The van der Waals surface area contributed by atoms with Gasteiger partial charge in [0.25, 0.3) is 0 Å². The number of ether oxygens (including phenoxy) is 2. The Kier molecular flexibility index (Phi) is 4.92. The van der Waals surface area contributed by atoms with Crippen LogP contribution in [0.5, 0.6) is 11.5 Å². The molecule has 2 aromatic rings. The molecular weight excluding hydrogens is 392 g/mol. The van der Waals surface area contributed by atoms with Crippen molar-refractivity contribution in [2.24, 2.45) is 0 Å². The second-order valence-electron chi connectivity index (χ2n) is 3.73. The van der Waals surface area contributed by atoms with Crippen LogP contribution in [0.4, 0.5) is 9.59 Å². The van der Waals surface area contributed by atoms with Gasteiger partial charge in [-0.1, -0.05) is 24.3 Å². The normalized spacial score (nSPS) is 9.90. The number of benzene rings is 2. The molecule has 0 radical (unpaired) electrons. The van der Waals surface area contributed by atoms with Gasteiger partial charge < -0.3 is 9.47 Å². The summed E-state index contributed by atoms with van der Waals surface area (Å²) in [5.74, 6) is 0.918. The van der Waals surface area contributed by atoms with Crippen molar-refractivity contribution in [1.29, 1.82) is 0 Å². The molecule has 0 amide bonds. The second kappa shape index (κ2) is 6.67. The molecule has 0 aliphatic carbocycles. The van der Waals surface area contributed by atoms with Gasteiger partial charge in [0.1, 0.15) is 11.5 Å². The average Bonchev–Trinajstić information content (AvgIpc) is 2.39. The van der Waals surface area contributed by atoms with Crippen LogP contribution in [-0.2, 0) is 0 Å². The molecule has 6 heteroatoms. The third-order valence-corrected chi connectivity index (χ3v) is 2.76. The quantitative estimate of drug-likeness (QED) is 0.670. The second-order valence-corrected chi connectivity index (χ2v) is 5.02. The van der Waals surface area contributed by atoms with Gasteiger partial charge in [-0.15, -0.1) is 0 Å². The van der Waals surface area contributed by atoms with Gasteiger partial charge in [-0.05, 0) is 35.4 Å². The van der Waals surface area contributed by atoms with E-state index in [4.69, 9.17) is 9.47 Å². The largest absolute Gasteiger partial charge is 0.418 e. The topological polar surface area (TPSA) is 52.6 Å². The number of carbonyl (C=O) groups is 2. The molecule has 0 aromatic heterocycles. The lowest BCUT2D eigenvalue weighted by atomic mass is 10.1. The molecule has 0 aliphatic heterocycles. The highest BCUT2D eigenvalue weighted by atomic mass is 79.9. The molecule has 0 saturated heterocycles. The van der Waals surface area contributed by atoms with Crippen molar-refractivity contribution in [2.45, 2.75) is 0 Å². The van der Waals surface area contributed by atoms with E-state index in [1.807, 2.05) is 24.3 Å². The fourth-order valence-electron chi connectivity index (χ4n) is 1.62. The van der Waals surface area contributed by atoms with Gasteiger partial charge in [-0.3, -0.25) is 0 Å². The van der Waals surface area contributed by atoms with E-state index in [0.717, 1.165) is 11.1 Å². The summed E-state index contributed by atoms with van der Waals surface area (Å²) in [6.45, 7) is 0. The monoisotopic (exact) mass is 398 g/mol. The van der Waals surface area contributed by atoms with E-state index in [0.29, 0.717) is 11.5 Å². The summed E-state index contributed by atoms with van der Waals surface area (Å²) in [7, 11) is 0. The van der Waals surface area contributed by atoms with Crippen LogP contribution in [0.2, 0.25) is 0 Å². The molecule has 0 atom stereocenters. The molecule has 0 aliphatic rings. The Morgan fingerprint density at radius 3 is 1.20 bits per heavy atom. The average molecular weight is 400 g/mol. The van der Waals surface area contributed by atoms with E-state index in [2.05, 4.69) is 31.9 Å². The molecule has 102 valence electrons. The fourth-order valence-corrected chi connectivity index (χ4v) is 1.99. The Bertz CT molecular complexity index is 563.